The van der Waals surface area contributed by atoms with E-state index in [0.717, 1.165) is 21.8 Å². The third kappa shape index (κ3) is 3.69. The maximum Gasteiger partial charge on any atom is 0.0898 e. The zero-order valence-electron chi connectivity index (χ0n) is 13.6. The van der Waals surface area contributed by atoms with Crippen LogP contribution in [0.5, 0.6) is 0 Å². The summed E-state index contributed by atoms with van der Waals surface area (Å²) in [4.78, 5) is 12.4. The molecule has 0 radical (unpaired) electrons. The van der Waals surface area contributed by atoms with Gasteiger partial charge >= 0.3 is 0 Å². The highest BCUT2D eigenvalue weighted by molar-refractivity contribution is 7.21. The lowest BCUT2D eigenvalue weighted by atomic mass is 10.1. The maximum absolute atomic E-state index is 4.42. The minimum Gasteiger partial charge on any atom is -0.255 e. The molecule has 0 aromatic carbocycles. The molecular formula is C21H14N2S2. The van der Waals surface area contributed by atoms with E-state index in [1.807, 2.05) is 30.5 Å². The van der Waals surface area contributed by atoms with Crippen LogP contribution in [0.15, 0.2) is 66.3 Å². The van der Waals surface area contributed by atoms with Gasteiger partial charge in [-0.1, -0.05) is 17.9 Å². The molecule has 0 atom stereocenters. The van der Waals surface area contributed by atoms with Crippen molar-refractivity contribution in [1.82, 2.24) is 9.97 Å². The molecule has 0 saturated carbocycles. The smallest absolute Gasteiger partial charge is 0.0898 e. The molecule has 0 N–H and O–H groups in total. The van der Waals surface area contributed by atoms with Gasteiger partial charge in [0.05, 0.1) is 16.3 Å². The van der Waals surface area contributed by atoms with Gasteiger partial charge in [0.25, 0.3) is 0 Å². The molecule has 0 aliphatic rings. The van der Waals surface area contributed by atoms with Crippen LogP contribution in [0.25, 0.3) is 21.1 Å². The van der Waals surface area contributed by atoms with Crippen LogP contribution in [0, 0.1) is 18.8 Å². The van der Waals surface area contributed by atoms with Gasteiger partial charge in [-0.15, -0.1) is 22.7 Å². The Morgan fingerprint density at radius 1 is 0.840 bits per heavy atom. The van der Waals surface area contributed by atoms with Crippen molar-refractivity contribution < 1.29 is 0 Å². The lowest BCUT2D eigenvalue weighted by Crippen LogP contribution is -1.88. The van der Waals surface area contributed by atoms with E-state index in [1.165, 1.54) is 15.3 Å². The zero-order valence-corrected chi connectivity index (χ0v) is 15.2. The van der Waals surface area contributed by atoms with Crippen LogP contribution >= 0.6 is 22.7 Å². The Morgan fingerprint density at radius 3 is 2.48 bits per heavy atom. The molecule has 0 saturated heterocycles. The summed E-state index contributed by atoms with van der Waals surface area (Å²) in [5.41, 5.74) is 3.84. The Balaban J connectivity index is 1.60. The third-order valence-corrected chi connectivity index (χ3v) is 5.70. The standard InChI is InChI=1S/C21H14N2S2/c1-15-8-10-22-18(13-15)19-14-16(9-11-23-19)4-5-17-6-7-21(25-17)20-3-2-12-24-20/h2-3,6-14H,1H3. The van der Waals surface area contributed by atoms with Crippen LogP contribution in [-0.2, 0) is 0 Å². The molecule has 4 aromatic rings. The second-order valence-corrected chi connectivity index (χ2v) is 7.57. The molecule has 4 aromatic heterocycles. The number of aryl methyl sites for hydroxylation is 1. The van der Waals surface area contributed by atoms with Gasteiger partial charge in [-0.2, -0.15) is 0 Å². The summed E-state index contributed by atoms with van der Waals surface area (Å²) in [5.74, 6) is 6.50. The fourth-order valence-electron chi connectivity index (χ4n) is 2.41. The summed E-state index contributed by atoms with van der Waals surface area (Å²) in [6.45, 7) is 2.05. The van der Waals surface area contributed by atoms with Crippen molar-refractivity contribution in [2.75, 3.05) is 0 Å². The van der Waals surface area contributed by atoms with E-state index < -0.39 is 0 Å². The molecule has 0 fully saturated rings. The number of aromatic nitrogens is 2. The van der Waals surface area contributed by atoms with E-state index in [4.69, 9.17) is 0 Å². The predicted molar refractivity (Wildman–Crippen MR) is 106 cm³/mol. The van der Waals surface area contributed by atoms with Crippen LogP contribution in [-0.4, -0.2) is 9.97 Å². The molecule has 0 unspecified atom stereocenters. The van der Waals surface area contributed by atoms with Crippen LogP contribution in [0.2, 0.25) is 0 Å². The van der Waals surface area contributed by atoms with E-state index in [0.29, 0.717) is 0 Å². The Bertz CT molecular complexity index is 1070. The topological polar surface area (TPSA) is 25.8 Å². The summed E-state index contributed by atoms with van der Waals surface area (Å²) in [6, 6.07) is 16.4. The number of pyridine rings is 2. The molecule has 0 aliphatic carbocycles. The molecule has 2 nitrogen and oxygen atoms in total. The quantitative estimate of drug-likeness (QED) is 0.433. The highest BCUT2D eigenvalue weighted by Crippen LogP contribution is 2.31. The van der Waals surface area contributed by atoms with Crippen molar-refractivity contribution in [2.45, 2.75) is 6.92 Å². The number of rotatable bonds is 2. The highest BCUT2D eigenvalue weighted by Gasteiger charge is 2.03. The number of nitrogens with zero attached hydrogens (tertiary/aromatic N) is 2. The first-order valence-electron chi connectivity index (χ1n) is 7.83. The molecule has 4 rings (SSSR count). The van der Waals surface area contributed by atoms with Crippen molar-refractivity contribution in [3.05, 3.63) is 82.3 Å². The van der Waals surface area contributed by atoms with Crippen molar-refractivity contribution in [1.29, 1.82) is 0 Å². The first-order chi connectivity index (χ1) is 12.3. The van der Waals surface area contributed by atoms with Gasteiger partial charge < -0.3 is 0 Å². The monoisotopic (exact) mass is 358 g/mol. The average Bonchev–Trinajstić information content (AvgIpc) is 3.32. The maximum atomic E-state index is 4.42. The van der Waals surface area contributed by atoms with Gasteiger partial charge in [0.1, 0.15) is 0 Å². The van der Waals surface area contributed by atoms with Crippen LogP contribution in [0.3, 0.4) is 0 Å². The Labute approximate surface area is 154 Å². The van der Waals surface area contributed by atoms with Gasteiger partial charge in [0, 0.05) is 27.7 Å². The Morgan fingerprint density at radius 2 is 1.68 bits per heavy atom. The van der Waals surface area contributed by atoms with E-state index in [9.17, 15) is 0 Å². The molecule has 0 spiro atoms. The van der Waals surface area contributed by atoms with E-state index in [-0.39, 0.29) is 0 Å². The largest absolute Gasteiger partial charge is 0.255 e. The summed E-state index contributed by atoms with van der Waals surface area (Å²) >= 11 is 3.47. The molecular weight excluding hydrogens is 344 g/mol. The zero-order chi connectivity index (χ0) is 17.1. The van der Waals surface area contributed by atoms with Crippen molar-refractivity contribution in [3.8, 4) is 33.0 Å². The normalized spacial score (nSPS) is 10.3. The van der Waals surface area contributed by atoms with Gasteiger partial charge in [0.15, 0.2) is 0 Å². The fraction of sp³-hybridized carbons (Fsp3) is 0.0476. The summed E-state index contributed by atoms with van der Waals surface area (Å²) in [7, 11) is 0. The minimum absolute atomic E-state index is 0.848. The summed E-state index contributed by atoms with van der Waals surface area (Å²) < 4.78 is 0. The van der Waals surface area contributed by atoms with E-state index in [2.05, 4.69) is 58.4 Å². The van der Waals surface area contributed by atoms with Crippen LogP contribution in [0.1, 0.15) is 16.0 Å². The first kappa shape index (κ1) is 15.8. The number of hydrogen-bond acceptors (Lipinski definition) is 4. The Hall–Kier alpha value is -2.74. The summed E-state index contributed by atoms with van der Waals surface area (Å²) in [6.07, 6.45) is 3.59. The van der Waals surface area contributed by atoms with Gasteiger partial charge in [-0.3, -0.25) is 9.97 Å². The van der Waals surface area contributed by atoms with Gasteiger partial charge in [-0.05, 0) is 60.3 Å². The second kappa shape index (κ2) is 7.02. The predicted octanol–water partition coefficient (Wildman–Crippen LogP) is 5.64. The first-order valence-corrected chi connectivity index (χ1v) is 9.52. The fourth-order valence-corrected chi connectivity index (χ4v) is 4.11. The molecule has 4 heterocycles. The van der Waals surface area contributed by atoms with Crippen molar-refractivity contribution in [2.24, 2.45) is 0 Å². The third-order valence-electron chi connectivity index (χ3n) is 3.64. The summed E-state index contributed by atoms with van der Waals surface area (Å²) in [5, 5.41) is 2.10. The van der Waals surface area contributed by atoms with Crippen LogP contribution in [0.4, 0.5) is 0 Å². The number of thiophene rings is 2. The molecule has 0 amide bonds. The highest BCUT2D eigenvalue weighted by atomic mass is 32.1. The average molecular weight is 358 g/mol. The molecule has 120 valence electrons. The lowest BCUT2D eigenvalue weighted by Gasteiger charge is -2.01. The molecule has 0 bridgehead atoms. The van der Waals surface area contributed by atoms with E-state index in [1.54, 1.807) is 28.9 Å². The van der Waals surface area contributed by atoms with E-state index >= 15 is 0 Å². The Kier molecular flexibility index (Phi) is 4.43. The van der Waals surface area contributed by atoms with Crippen LogP contribution < -0.4 is 0 Å². The SMILES string of the molecule is Cc1ccnc(-c2cc(C#Cc3ccc(-c4cccs4)s3)ccn2)c1. The number of hydrogen-bond donors (Lipinski definition) is 0. The van der Waals surface area contributed by atoms with Gasteiger partial charge in [-0.25, -0.2) is 0 Å². The van der Waals surface area contributed by atoms with Crippen molar-refractivity contribution >= 4 is 22.7 Å². The molecule has 25 heavy (non-hydrogen) atoms. The lowest BCUT2D eigenvalue weighted by molar-refractivity contribution is 1.22. The van der Waals surface area contributed by atoms with Crippen molar-refractivity contribution in [3.63, 3.8) is 0 Å². The minimum atomic E-state index is 0.848. The molecule has 0 aliphatic heterocycles. The molecule has 4 heteroatoms. The van der Waals surface area contributed by atoms with Gasteiger partial charge in [0.2, 0.25) is 0 Å². The second-order valence-electron chi connectivity index (χ2n) is 5.54.